The Labute approximate surface area is 86.2 Å². The van der Waals surface area contributed by atoms with Crippen LogP contribution in [0.1, 0.15) is 13.8 Å². The Morgan fingerprint density at radius 3 is 2.71 bits per heavy atom. The van der Waals surface area contributed by atoms with E-state index in [1.165, 1.54) is 0 Å². The molecule has 4 nitrogen and oxygen atoms in total. The van der Waals surface area contributed by atoms with Gasteiger partial charge in [-0.3, -0.25) is 9.69 Å². The van der Waals surface area contributed by atoms with Crippen LogP contribution in [0.15, 0.2) is 0 Å². The third-order valence-electron chi connectivity index (χ3n) is 2.52. The van der Waals surface area contributed by atoms with Gasteiger partial charge in [0.05, 0.1) is 6.54 Å². The van der Waals surface area contributed by atoms with Gasteiger partial charge in [0.15, 0.2) is 0 Å². The quantitative estimate of drug-likeness (QED) is 0.678. The Bertz CT molecular complexity index is 194. The number of rotatable bonds is 4. The summed E-state index contributed by atoms with van der Waals surface area (Å²) < 4.78 is 0. The van der Waals surface area contributed by atoms with E-state index >= 15 is 0 Å². The minimum absolute atomic E-state index is 0.237. The number of carbonyl (C=O) groups is 1. The van der Waals surface area contributed by atoms with E-state index in [1.54, 1.807) is 4.90 Å². The zero-order valence-electron chi connectivity index (χ0n) is 9.42. The summed E-state index contributed by atoms with van der Waals surface area (Å²) in [5.41, 5.74) is 0. The Morgan fingerprint density at radius 1 is 1.43 bits per heavy atom. The summed E-state index contributed by atoms with van der Waals surface area (Å²) in [6, 6.07) is 0.526. The molecule has 0 unspecified atom stereocenters. The number of likely N-dealkylation sites (N-methyl/N-ethyl adjacent to an activating group) is 1. The van der Waals surface area contributed by atoms with E-state index in [0.29, 0.717) is 12.6 Å². The molecular formula is C10H21N3O. The molecular weight excluding hydrogens is 178 g/mol. The molecule has 1 heterocycles. The molecule has 0 radical (unpaired) electrons. The Morgan fingerprint density at radius 2 is 2.14 bits per heavy atom. The SMILES string of the molecule is CC(C)NCCN1CCN(C)C(=O)C1. The van der Waals surface area contributed by atoms with Crippen LogP contribution < -0.4 is 5.32 Å². The molecule has 1 saturated heterocycles. The number of nitrogens with one attached hydrogen (secondary N) is 1. The van der Waals surface area contributed by atoms with Gasteiger partial charge in [0.2, 0.25) is 5.91 Å². The van der Waals surface area contributed by atoms with Crippen molar-refractivity contribution in [2.75, 3.05) is 39.8 Å². The van der Waals surface area contributed by atoms with Crippen molar-refractivity contribution in [3.8, 4) is 0 Å². The molecule has 1 N–H and O–H groups in total. The summed E-state index contributed by atoms with van der Waals surface area (Å²) in [5.74, 6) is 0.237. The second-order valence-corrected chi connectivity index (χ2v) is 4.20. The molecule has 0 bridgehead atoms. The van der Waals surface area contributed by atoms with Gasteiger partial charge in [0.25, 0.3) is 0 Å². The standard InChI is InChI=1S/C10H21N3O/c1-9(2)11-4-5-13-7-6-12(3)10(14)8-13/h9,11H,4-8H2,1-3H3. The largest absolute Gasteiger partial charge is 0.343 e. The molecule has 1 rings (SSSR count). The molecule has 1 fully saturated rings. The second kappa shape index (κ2) is 5.32. The third kappa shape index (κ3) is 3.64. The van der Waals surface area contributed by atoms with Crippen LogP contribution in [0.25, 0.3) is 0 Å². The first-order valence-electron chi connectivity index (χ1n) is 5.29. The lowest BCUT2D eigenvalue weighted by atomic mass is 10.3. The third-order valence-corrected chi connectivity index (χ3v) is 2.52. The van der Waals surface area contributed by atoms with Crippen LogP contribution in [0, 0.1) is 0 Å². The minimum Gasteiger partial charge on any atom is -0.343 e. The van der Waals surface area contributed by atoms with Crippen molar-refractivity contribution in [1.29, 1.82) is 0 Å². The van der Waals surface area contributed by atoms with Gasteiger partial charge in [-0.1, -0.05) is 13.8 Å². The summed E-state index contributed by atoms with van der Waals surface area (Å²) in [6.45, 7) is 8.65. The van der Waals surface area contributed by atoms with E-state index in [4.69, 9.17) is 0 Å². The molecule has 0 aromatic carbocycles. The predicted molar refractivity (Wildman–Crippen MR) is 57.2 cm³/mol. The first-order chi connectivity index (χ1) is 6.59. The van der Waals surface area contributed by atoms with Crippen LogP contribution in [0.3, 0.4) is 0 Å². The highest BCUT2D eigenvalue weighted by Crippen LogP contribution is 1.99. The van der Waals surface area contributed by atoms with E-state index in [2.05, 4.69) is 24.1 Å². The van der Waals surface area contributed by atoms with Crippen molar-refractivity contribution in [3.05, 3.63) is 0 Å². The molecule has 82 valence electrons. The number of piperazine rings is 1. The number of carbonyl (C=O) groups excluding carboxylic acids is 1. The molecule has 14 heavy (non-hydrogen) atoms. The molecule has 1 amide bonds. The lowest BCUT2D eigenvalue weighted by Gasteiger charge is -2.32. The number of nitrogens with zero attached hydrogens (tertiary/aromatic N) is 2. The van der Waals surface area contributed by atoms with Crippen LogP contribution in [0.4, 0.5) is 0 Å². The summed E-state index contributed by atoms with van der Waals surface area (Å²) in [5, 5.41) is 3.35. The van der Waals surface area contributed by atoms with E-state index < -0.39 is 0 Å². The van der Waals surface area contributed by atoms with Gasteiger partial charge in [0.1, 0.15) is 0 Å². The Kier molecular flexibility index (Phi) is 4.35. The normalized spacial score (nSPS) is 19.4. The first-order valence-corrected chi connectivity index (χ1v) is 5.29. The molecule has 4 heteroatoms. The van der Waals surface area contributed by atoms with Crippen molar-refractivity contribution in [3.63, 3.8) is 0 Å². The van der Waals surface area contributed by atoms with Gasteiger partial charge < -0.3 is 10.2 Å². The first kappa shape index (κ1) is 11.5. The van der Waals surface area contributed by atoms with Crippen molar-refractivity contribution in [2.45, 2.75) is 19.9 Å². The highest BCUT2D eigenvalue weighted by Gasteiger charge is 2.19. The van der Waals surface area contributed by atoms with E-state index in [1.807, 2.05) is 7.05 Å². The maximum Gasteiger partial charge on any atom is 0.236 e. The van der Waals surface area contributed by atoms with Gasteiger partial charge in [0, 0.05) is 39.3 Å². The van der Waals surface area contributed by atoms with E-state index in [0.717, 1.165) is 26.2 Å². The van der Waals surface area contributed by atoms with Crippen molar-refractivity contribution in [1.82, 2.24) is 15.1 Å². The van der Waals surface area contributed by atoms with Crippen molar-refractivity contribution in [2.24, 2.45) is 0 Å². The zero-order chi connectivity index (χ0) is 10.6. The van der Waals surface area contributed by atoms with E-state index in [9.17, 15) is 4.79 Å². The molecule has 0 atom stereocenters. The molecule has 0 saturated carbocycles. The van der Waals surface area contributed by atoms with Gasteiger partial charge in [-0.05, 0) is 0 Å². The molecule has 1 aliphatic heterocycles. The number of hydrogen-bond acceptors (Lipinski definition) is 3. The molecule has 0 aromatic heterocycles. The predicted octanol–water partition coefficient (Wildman–Crippen LogP) is -0.242. The summed E-state index contributed by atoms with van der Waals surface area (Å²) in [7, 11) is 1.87. The van der Waals surface area contributed by atoms with Gasteiger partial charge in [-0.15, -0.1) is 0 Å². The topological polar surface area (TPSA) is 35.6 Å². The van der Waals surface area contributed by atoms with Crippen LogP contribution in [0.5, 0.6) is 0 Å². The smallest absolute Gasteiger partial charge is 0.236 e. The second-order valence-electron chi connectivity index (χ2n) is 4.20. The summed E-state index contributed by atoms with van der Waals surface area (Å²) in [6.07, 6.45) is 0. The van der Waals surface area contributed by atoms with Crippen LogP contribution in [-0.2, 0) is 4.79 Å². The highest BCUT2D eigenvalue weighted by molar-refractivity contribution is 5.78. The monoisotopic (exact) mass is 199 g/mol. The fourth-order valence-electron chi connectivity index (χ4n) is 1.51. The average Bonchev–Trinajstić information content (AvgIpc) is 2.10. The fraction of sp³-hybridized carbons (Fsp3) is 0.900. The van der Waals surface area contributed by atoms with Crippen molar-refractivity contribution < 1.29 is 4.79 Å². The average molecular weight is 199 g/mol. The van der Waals surface area contributed by atoms with Crippen LogP contribution >= 0.6 is 0 Å². The highest BCUT2D eigenvalue weighted by atomic mass is 16.2. The fourth-order valence-corrected chi connectivity index (χ4v) is 1.51. The number of amides is 1. The summed E-state index contributed by atoms with van der Waals surface area (Å²) in [4.78, 5) is 15.4. The lowest BCUT2D eigenvalue weighted by molar-refractivity contribution is -0.134. The van der Waals surface area contributed by atoms with Crippen molar-refractivity contribution >= 4 is 5.91 Å². The summed E-state index contributed by atoms with van der Waals surface area (Å²) >= 11 is 0. The Hall–Kier alpha value is -0.610. The van der Waals surface area contributed by atoms with Gasteiger partial charge >= 0.3 is 0 Å². The van der Waals surface area contributed by atoms with Crippen LogP contribution in [0.2, 0.25) is 0 Å². The van der Waals surface area contributed by atoms with Gasteiger partial charge in [-0.2, -0.15) is 0 Å². The number of hydrogen-bond donors (Lipinski definition) is 1. The Balaban J connectivity index is 2.17. The van der Waals surface area contributed by atoms with Crippen LogP contribution in [-0.4, -0.2) is 61.5 Å². The molecule has 0 spiro atoms. The minimum atomic E-state index is 0.237. The maximum atomic E-state index is 11.4. The lowest BCUT2D eigenvalue weighted by Crippen LogP contribution is -2.50. The van der Waals surface area contributed by atoms with E-state index in [-0.39, 0.29) is 5.91 Å². The molecule has 1 aliphatic rings. The zero-order valence-corrected chi connectivity index (χ0v) is 9.42. The molecule has 0 aromatic rings. The van der Waals surface area contributed by atoms with Gasteiger partial charge in [-0.25, -0.2) is 0 Å². The maximum absolute atomic E-state index is 11.4. The molecule has 0 aliphatic carbocycles.